The lowest BCUT2D eigenvalue weighted by atomic mass is 9.65. The number of alkyl halides is 2. The van der Waals surface area contributed by atoms with Crippen molar-refractivity contribution in [2.75, 3.05) is 13.1 Å². The zero-order valence-corrected chi connectivity index (χ0v) is 11.9. The van der Waals surface area contributed by atoms with Gasteiger partial charge in [0.2, 0.25) is 0 Å². The lowest BCUT2D eigenvalue weighted by molar-refractivity contribution is 0.0810. The summed E-state index contributed by atoms with van der Waals surface area (Å²) in [4.78, 5) is 0. The first-order valence-electron chi connectivity index (χ1n) is 7.08. The van der Waals surface area contributed by atoms with Crippen LogP contribution in [0.4, 0.5) is 8.78 Å². The second-order valence-electron chi connectivity index (χ2n) is 6.37. The maximum absolute atomic E-state index is 12.3. The Balaban J connectivity index is 2.54. The Morgan fingerprint density at radius 2 is 1.89 bits per heavy atom. The molecule has 0 unspecified atom stereocenters. The first-order valence-corrected chi connectivity index (χ1v) is 7.08. The molecule has 108 valence electrons. The van der Waals surface area contributed by atoms with Gasteiger partial charge in [-0.15, -0.1) is 0 Å². The van der Waals surface area contributed by atoms with E-state index in [0.717, 1.165) is 32.1 Å². The molecule has 1 aliphatic carbocycles. The lowest BCUT2D eigenvalue weighted by Crippen LogP contribution is -2.55. The third-order valence-electron chi connectivity index (χ3n) is 4.98. The highest BCUT2D eigenvalue weighted by molar-refractivity contribution is 4.96. The van der Waals surface area contributed by atoms with E-state index in [1.54, 1.807) is 0 Å². The Labute approximate surface area is 110 Å². The maximum atomic E-state index is 12.3. The normalized spacial score (nSPS) is 29.8. The van der Waals surface area contributed by atoms with Crippen molar-refractivity contribution in [3.63, 3.8) is 0 Å². The van der Waals surface area contributed by atoms with Gasteiger partial charge >= 0.3 is 0 Å². The monoisotopic (exact) mass is 262 g/mol. The minimum atomic E-state index is -2.29. The minimum absolute atomic E-state index is 0.237. The Morgan fingerprint density at radius 3 is 2.28 bits per heavy atom. The fourth-order valence-corrected chi connectivity index (χ4v) is 2.99. The number of hydrogen-bond acceptors (Lipinski definition) is 2. The predicted octanol–water partition coefficient (Wildman–Crippen LogP) is 3.17. The Kier molecular flexibility index (Phi) is 5.53. The summed E-state index contributed by atoms with van der Waals surface area (Å²) in [6.07, 6.45) is 2.90. The van der Waals surface area contributed by atoms with Crippen LogP contribution in [0.3, 0.4) is 0 Å². The summed E-state index contributed by atoms with van der Waals surface area (Å²) in [5, 5.41) is 3.00. The third kappa shape index (κ3) is 3.89. The lowest BCUT2D eigenvalue weighted by Gasteiger charge is -2.45. The summed E-state index contributed by atoms with van der Waals surface area (Å²) in [7, 11) is 0. The quantitative estimate of drug-likeness (QED) is 0.771. The molecule has 3 N–H and O–H groups in total. The first-order chi connectivity index (χ1) is 8.35. The van der Waals surface area contributed by atoms with E-state index in [9.17, 15) is 8.78 Å². The smallest absolute Gasteiger partial charge is 0.250 e. The predicted molar refractivity (Wildman–Crippen MR) is 71.8 cm³/mol. The molecule has 18 heavy (non-hydrogen) atoms. The molecule has 1 fully saturated rings. The molecular formula is C14H28F2N2. The maximum Gasteiger partial charge on any atom is 0.250 e. The van der Waals surface area contributed by atoms with E-state index in [4.69, 9.17) is 5.73 Å². The highest BCUT2D eigenvalue weighted by atomic mass is 19.3. The van der Waals surface area contributed by atoms with Crippen LogP contribution in [-0.4, -0.2) is 25.1 Å². The standard InChI is InChI=1S/C14H28F2N2/c1-4-13(2,3)11-5-7-14(10-17,8-6-11)18-9-12(15)16/h11-12,18H,4-10,17H2,1-3H3. The van der Waals surface area contributed by atoms with Gasteiger partial charge in [0.15, 0.2) is 0 Å². The van der Waals surface area contributed by atoms with Crippen LogP contribution in [0.5, 0.6) is 0 Å². The van der Waals surface area contributed by atoms with E-state index >= 15 is 0 Å². The average molecular weight is 262 g/mol. The van der Waals surface area contributed by atoms with Gasteiger partial charge in [-0.3, -0.25) is 0 Å². The number of nitrogens with two attached hydrogens (primary N) is 1. The van der Waals surface area contributed by atoms with E-state index in [1.165, 1.54) is 0 Å². The van der Waals surface area contributed by atoms with Crippen molar-refractivity contribution in [1.29, 1.82) is 0 Å². The van der Waals surface area contributed by atoms with E-state index in [-0.39, 0.29) is 12.1 Å². The van der Waals surface area contributed by atoms with Crippen molar-refractivity contribution >= 4 is 0 Å². The number of halogens is 2. The van der Waals surface area contributed by atoms with Crippen LogP contribution in [0, 0.1) is 11.3 Å². The molecule has 0 bridgehead atoms. The molecule has 0 aromatic heterocycles. The van der Waals surface area contributed by atoms with E-state index < -0.39 is 6.43 Å². The molecule has 0 spiro atoms. The second-order valence-corrected chi connectivity index (χ2v) is 6.37. The molecule has 0 aromatic carbocycles. The third-order valence-corrected chi connectivity index (χ3v) is 4.98. The van der Waals surface area contributed by atoms with Crippen molar-refractivity contribution in [3.8, 4) is 0 Å². The van der Waals surface area contributed by atoms with Crippen molar-refractivity contribution in [2.24, 2.45) is 17.1 Å². The molecule has 1 saturated carbocycles. The molecule has 0 heterocycles. The van der Waals surface area contributed by atoms with Gasteiger partial charge in [-0.05, 0) is 37.0 Å². The van der Waals surface area contributed by atoms with Gasteiger partial charge in [-0.25, -0.2) is 8.78 Å². The van der Waals surface area contributed by atoms with Gasteiger partial charge in [-0.1, -0.05) is 27.2 Å². The molecule has 0 amide bonds. The van der Waals surface area contributed by atoms with Gasteiger partial charge in [0.05, 0.1) is 6.54 Å². The van der Waals surface area contributed by atoms with Crippen LogP contribution in [-0.2, 0) is 0 Å². The summed E-state index contributed by atoms with van der Waals surface area (Å²) >= 11 is 0. The number of rotatable bonds is 6. The van der Waals surface area contributed by atoms with Gasteiger partial charge in [0.1, 0.15) is 0 Å². The van der Waals surface area contributed by atoms with Crippen LogP contribution >= 0.6 is 0 Å². The highest BCUT2D eigenvalue weighted by Crippen LogP contribution is 2.43. The number of nitrogens with one attached hydrogen (secondary N) is 1. The van der Waals surface area contributed by atoms with Crippen molar-refractivity contribution in [1.82, 2.24) is 5.32 Å². The average Bonchev–Trinajstić information content (AvgIpc) is 2.37. The highest BCUT2D eigenvalue weighted by Gasteiger charge is 2.38. The number of hydrogen-bond donors (Lipinski definition) is 2. The summed E-state index contributed by atoms with van der Waals surface area (Å²) in [6.45, 7) is 7.05. The summed E-state index contributed by atoms with van der Waals surface area (Å²) in [5.41, 5.74) is 5.90. The molecule has 0 aromatic rings. The molecular weight excluding hydrogens is 234 g/mol. The van der Waals surface area contributed by atoms with Crippen molar-refractivity contribution in [3.05, 3.63) is 0 Å². The van der Waals surface area contributed by atoms with Crippen LogP contribution in [0.25, 0.3) is 0 Å². The topological polar surface area (TPSA) is 38.0 Å². The Morgan fingerprint density at radius 1 is 1.33 bits per heavy atom. The van der Waals surface area contributed by atoms with E-state index in [0.29, 0.717) is 17.9 Å². The first kappa shape index (κ1) is 15.8. The molecule has 1 aliphatic rings. The Bertz CT molecular complexity index is 246. The van der Waals surface area contributed by atoms with E-state index in [2.05, 4.69) is 26.1 Å². The van der Waals surface area contributed by atoms with Gasteiger partial charge in [0.25, 0.3) is 6.43 Å². The van der Waals surface area contributed by atoms with Crippen LogP contribution in [0.1, 0.15) is 52.9 Å². The summed E-state index contributed by atoms with van der Waals surface area (Å²) in [6, 6.07) is 0. The SMILES string of the molecule is CCC(C)(C)C1CCC(CN)(NCC(F)F)CC1. The van der Waals surface area contributed by atoms with Gasteiger partial charge < -0.3 is 11.1 Å². The van der Waals surface area contributed by atoms with Crippen molar-refractivity contribution < 1.29 is 8.78 Å². The molecule has 0 saturated heterocycles. The molecule has 0 atom stereocenters. The summed E-state index contributed by atoms with van der Waals surface area (Å²) in [5.74, 6) is 0.690. The zero-order chi connectivity index (χ0) is 13.8. The fraction of sp³-hybridized carbons (Fsp3) is 1.00. The van der Waals surface area contributed by atoms with Crippen LogP contribution in [0.15, 0.2) is 0 Å². The summed E-state index contributed by atoms with van der Waals surface area (Å²) < 4.78 is 24.6. The fourth-order valence-electron chi connectivity index (χ4n) is 2.99. The van der Waals surface area contributed by atoms with Gasteiger partial charge in [0, 0.05) is 12.1 Å². The molecule has 2 nitrogen and oxygen atoms in total. The van der Waals surface area contributed by atoms with Crippen molar-refractivity contribution in [2.45, 2.75) is 64.8 Å². The zero-order valence-electron chi connectivity index (χ0n) is 11.9. The molecule has 0 aliphatic heterocycles. The van der Waals surface area contributed by atoms with Crippen LogP contribution in [0.2, 0.25) is 0 Å². The minimum Gasteiger partial charge on any atom is -0.329 e. The van der Waals surface area contributed by atoms with E-state index in [1.807, 2.05) is 0 Å². The molecule has 1 rings (SSSR count). The Hall–Kier alpha value is -0.220. The molecule has 0 radical (unpaired) electrons. The van der Waals surface area contributed by atoms with Crippen LogP contribution < -0.4 is 11.1 Å². The second kappa shape index (κ2) is 6.29. The molecule has 4 heteroatoms. The largest absolute Gasteiger partial charge is 0.329 e. The van der Waals surface area contributed by atoms with Gasteiger partial charge in [-0.2, -0.15) is 0 Å².